The number of likely N-dealkylation sites (tertiary alicyclic amines) is 1. The van der Waals surface area contributed by atoms with E-state index in [0.29, 0.717) is 32.2 Å². The zero-order valence-corrected chi connectivity index (χ0v) is 21.2. The normalized spacial score (nSPS) is 30.6. The van der Waals surface area contributed by atoms with Gasteiger partial charge in [-0.2, -0.15) is 0 Å². The van der Waals surface area contributed by atoms with Crippen LogP contribution in [-0.2, 0) is 14.4 Å². The highest BCUT2D eigenvalue weighted by molar-refractivity contribution is 8.02. The quantitative estimate of drug-likeness (QED) is 0.396. The van der Waals surface area contributed by atoms with Crippen LogP contribution in [0.2, 0.25) is 0 Å². The van der Waals surface area contributed by atoms with E-state index >= 15 is 0 Å². The lowest BCUT2D eigenvalue weighted by molar-refractivity contribution is -0.150. The van der Waals surface area contributed by atoms with Crippen molar-refractivity contribution in [2.45, 2.75) is 48.1 Å². The van der Waals surface area contributed by atoms with Crippen molar-refractivity contribution in [3.8, 4) is 0 Å². The fourth-order valence-corrected chi connectivity index (χ4v) is 9.00. The topological polar surface area (TPSA) is 98.2 Å². The molecule has 0 aromatic heterocycles. The maximum Gasteiger partial charge on any atom is 0.308 e. The van der Waals surface area contributed by atoms with Crippen LogP contribution < -0.4 is 4.90 Å². The van der Waals surface area contributed by atoms with Crippen LogP contribution in [0.15, 0.2) is 55.1 Å². The molecule has 2 bridgehead atoms. The number of aliphatic hydroxyl groups is 1. The Morgan fingerprint density at radius 2 is 1.94 bits per heavy atom. The van der Waals surface area contributed by atoms with Crippen LogP contribution in [0.3, 0.4) is 0 Å². The molecule has 0 radical (unpaired) electrons. The van der Waals surface area contributed by atoms with Crippen molar-refractivity contribution < 1.29 is 24.6 Å². The summed E-state index contributed by atoms with van der Waals surface area (Å²) in [5.74, 6) is -2.97. The number of fused-ring (bicyclic) bond motifs is 2. The predicted octanol–water partition coefficient (Wildman–Crippen LogP) is 3.70. The molecule has 8 heteroatoms. The fourth-order valence-electron chi connectivity index (χ4n) is 6.66. The van der Waals surface area contributed by atoms with E-state index in [1.165, 1.54) is 11.8 Å². The summed E-state index contributed by atoms with van der Waals surface area (Å²) in [5.41, 5.74) is 0.722. The standard InChI is InChI=1S/C28H32N2O5S/c1-3-14-29(20-11-10-18-8-4-5-9-19(18)17-20)25(33)23-28-13-12-27(2,36-28)22(26(34)35)21(28)24(32)30(23)15-6-7-16-31/h3-5,8-11,17,21-23,31H,1,6-7,12-16H2,2H3,(H,34,35)/t21-,22+,23?,27-,28?/m0/s1. The van der Waals surface area contributed by atoms with Gasteiger partial charge in [0.05, 0.1) is 16.6 Å². The Kier molecular flexibility index (Phi) is 6.37. The Bertz CT molecular complexity index is 1230. The van der Waals surface area contributed by atoms with Gasteiger partial charge < -0.3 is 20.0 Å². The number of rotatable bonds is 9. The van der Waals surface area contributed by atoms with E-state index in [1.807, 2.05) is 49.4 Å². The second-order valence-corrected chi connectivity index (χ2v) is 12.2. The molecule has 0 aliphatic carbocycles. The molecule has 2 amide bonds. The number of nitrogens with zero attached hydrogens (tertiary/aromatic N) is 2. The predicted molar refractivity (Wildman–Crippen MR) is 141 cm³/mol. The lowest BCUT2D eigenvalue weighted by atomic mass is 9.66. The minimum atomic E-state index is -0.967. The highest BCUT2D eigenvalue weighted by atomic mass is 32.2. The Morgan fingerprint density at radius 1 is 1.19 bits per heavy atom. The number of anilines is 1. The maximum absolute atomic E-state index is 14.4. The number of carboxylic acid groups (broad SMARTS) is 1. The number of aliphatic hydroxyl groups excluding tert-OH is 1. The molecule has 7 nitrogen and oxygen atoms in total. The molecule has 1 spiro atoms. The Hall–Kier alpha value is -2.84. The SMILES string of the molecule is C=CCN(C(=O)C1N(CCCCO)C(=O)[C@@H]2[C@H](C(=O)O)[C@]3(C)CCC12S3)c1ccc2ccccc2c1. The maximum atomic E-state index is 14.4. The van der Waals surface area contributed by atoms with E-state index in [9.17, 15) is 24.6 Å². The van der Waals surface area contributed by atoms with Gasteiger partial charge in [-0.15, -0.1) is 18.3 Å². The van der Waals surface area contributed by atoms with Gasteiger partial charge in [-0.3, -0.25) is 14.4 Å². The molecule has 5 rings (SSSR count). The van der Waals surface area contributed by atoms with E-state index < -0.39 is 33.3 Å². The van der Waals surface area contributed by atoms with Crippen molar-refractivity contribution in [1.82, 2.24) is 4.90 Å². The highest BCUT2D eigenvalue weighted by Gasteiger charge is 2.77. The molecular formula is C28H32N2O5S. The third kappa shape index (κ3) is 3.65. The number of aliphatic carboxylic acids is 1. The lowest BCUT2D eigenvalue weighted by Gasteiger charge is -2.37. The van der Waals surface area contributed by atoms with Gasteiger partial charge in [0.1, 0.15) is 6.04 Å². The number of carbonyl (C=O) groups excluding carboxylic acids is 2. The number of hydrogen-bond donors (Lipinski definition) is 2. The number of benzene rings is 2. The van der Waals surface area contributed by atoms with E-state index in [0.717, 1.165) is 16.5 Å². The zero-order chi connectivity index (χ0) is 25.7. The highest BCUT2D eigenvalue weighted by Crippen LogP contribution is 2.71. The molecule has 3 saturated heterocycles. The van der Waals surface area contributed by atoms with Gasteiger partial charge in [-0.25, -0.2) is 0 Å². The summed E-state index contributed by atoms with van der Waals surface area (Å²) >= 11 is 1.54. The van der Waals surface area contributed by atoms with E-state index in [1.54, 1.807) is 15.9 Å². The van der Waals surface area contributed by atoms with Crippen LogP contribution in [0.1, 0.15) is 32.6 Å². The molecule has 0 saturated carbocycles. The smallest absolute Gasteiger partial charge is 0.308 e. The monoisotopic (exact) mass is 508 g/mol. The number of hydrogen-bond acceptors (Lipinski definition) is 5. The molecule has 2 aromatic carbocycles. The number of carbonyl (C=O) groups is 3. The Labute approximate surface area is 215 Å². The number of amides is 2. The summed E-state index contributed by atoms with van der Waals surface area (Å²) in [5, 5.41) is 21.5. The van der Waals surface area contributed by atoms with Crippen molar-refractivity contribution in [3.63, 3.8) is 0 Å². The first-order valence-electron chi connectivity index (χ1n) is 12.5. The minimum Gasteiger partial charge on any atom is -0.481 e. The van der Waals surface area contributed by atoms with E-state index in [4.69, 9.17) is 0 Å². The second-order valence-electron chi connectivity index (χ2n) is 10.3. The van der Waals surface area contributed by atoms with Crippen LogP contribution >= 0.6 is 11.8 Å². The van der Waals surface area contributed by atoms with Crippen molar-refractivity contribution in [3.05, 3.63) is 55.1 Å². The summed E-state index contributed by atoms with van der Waals surface area (Å²) in [4.78, 5) is 43.9. The minimum absolute atomic E-state index is 0.000530. The van der Waals surface area contributed by atoms with Crippen molar-refractivity contribution in [2.24, 2.45) is 11.8 Å². The lowest BCUT2D eigenvalue weighted by Crippen LogP contribution is -2.55. The van der Waals surface area contributed by atoms with Gasteiger partial charge in [-0.05, 0) is 55.5 Å². The molecule has 2 aromatic rings. The Morgan fingerprint density at radius 3 is 2.64 bits per heavy atom. The third-order valence-corrected chi connectivity index (χ3v) is 10.2. The summed E-state index contributed by atoms with van der Waals surface area (Å²) < 4.78 is -1.35. The van der Waals surface area contributed by atoms with Crippen molar-refractivity contribution in [2.75, 3.05) is 24.6 Å². The number of unbranched alkanes of at least 4 members (excludes halogenated alkanes) is 1. The number of thioether (sulfide) groups is 1. The second kappa shape index (κ2) is 9.23. The molecule has 3 heterocycles. The van der Waals surface area contributed by atoms with E-state index in [-0.39, 0.29) is 25.0 Å². The molecule has 5 atom stereocenters. The van der Waals surface area contributed by atoms with Crippen molar-refractivity contribution >= 4 is 46.0 Å². The summed E-state index contributed by atoms with van der Waals surface area (Å²) in [7, 11) is 0. The molecule has 3 fully saturated rings. The van der Waals surface area contributed by atoms with Gasteiger partial charge in [0.25, 0.3) is 5.91 Å². The fraction of sp³-hybridized carbons (Fsp3) is 0.464. The summed E-state index contributed by atoms with van der Waals surface area (Å²) in [6, 6.07) is 13.0. The first-order chi connectivity index (χ1) is 17.3. The average Bonchev–Trinajstić information content (AvgIpc) is 3.43. The molecule has 190 valence electrons. The average molecular weight is 509 g/mol. The Balaban J connectivity index is 1.58. The van der Waals surface area contributed by atoms with Crippen LogP contribution in [0.25, 0.3) is 10.8 Å². The van der Waals surface area contributed by atoms with Crippen LogP contribution in [0, 0.1) is 11.8 Å². The van der Waals surface area contributed by atoms with Gasteiger partial charge in [0, 0.05) is 30.1 Å². The van der Waals surface area contributed by atoms with Gasteiger partial charge in [0.2, 0.25) is 5.91 Å². The zero-order valence-electron chi connectivity index (χ0n) is 20.4. The molecule has 2 unspecified atom stereocenters. The number of carboxylic acids is 1. The van der Waals surface area contributed by atoms with Gasteiger partial charge in [0.15, 0.2) is 0 Å². The summed E-state index contributed by atoms with van der Waals surface area (Å²) in [6.07, 6.45) is 4.02. The molecule has 2 N–H and O–H groups in total. The molecular weight excluding hydrogens is 476 g/mol. The van der Waals surface area contributed by atoms with Crippen LogP contribution in [-0.4, -0.2) is 68.1 Å². The van der Waals surface area contributed by atoms with Crippen LogP contribution in [0.5, 0.6) is 0 Å². The molecule has 3 aliphatic heterocycles. The largest absolute Gasteiger partial charge is 0.481 e. The molecule has 3 aliphatic rings. The third-order valence-electron chi connectivity index (χ3n) is 8.21. The van der Waals surface area contributed by atoms with E-state index in [2.05, 4.69) is 6.58 Å². The van der Waals surface area contributed by atoms with Crippen LogP contribution in [0.4, 0.5) is 5.69 Å². The first-order valence-corrected chi connectivity index (χ1v) is 13.3. The van der Waals surface area contributed by atoms with Gasteiger partial charge >= 0.3 is 5.97 Å². The van der Waals surface area contributed by atoms with Crippen molar-refractivity contribution in [1.29, 1.82) is 0 Å². The first kappa shape index (κ1) is 24.8. The molecule has 36 heavy (non-hydrogen) atoms. The van der Waals surface area contributed by atoms with Gasteiger partial charge in [-0.1, -0.05) is 36.4 Å². The summed E-state index contributed by atoms with van der Waals surface area (Å²) in [6.45, 7) is 6.39.